The Morgan fingerprint density at radius 1 is 1.00 bits per heavy atom. The molecule has 0 aliphatic carbocycles. The van der Waals surface area contributed by atoms with Gasteiger partial charge in [-0.2, -0.15) is 13.2 Å². The second kappa shape index (κ2) is 8.92. The molecule has 4 nitrogen and oxygen atoms in total. The molecular formula is C24H17F3N2O2S. The highest BCUT2D eigenvalue weighted by Gasteiger charge is 2.32. The summed E-state index contributed by atoms with van der Waals surface area (Å²) in [6.45, 7) is 0. The molecule has 0 saturated carbocycles. The zero-order chi connectivity index (χ0) is 22.7. The molecule has 8 heteroatoms. The lowest BCUT2D eigenvalue weighted by Crippen LogP contribution is -2.15. The van der Waals surface area contributed by atoms with Gasteiger partial charge in [0.25, 0.3) is 5.91 Å². The van der Waals surface area contributed by atoms with Crippen molar-refractivity contribution >= 4 is 34.3 Å². The van der Waals surface area contributed by atoms with Gasteiger partial charge in [-0.3, -0.25) is 9.78 Å². The van der Waals surface area contributed by atoms with Crippen LogP contribution < -0.4 is 10.1 Å². The molecule has 1 N–H and O–H groups in total. The molecule has 0 fully saturated rings. The van der Waals surface area contributed by atoms with Crippen molar-refractivity contribution in [2.75, 3.05) is 11.6 Å². The van der Waals surface area contributed by atoms with Crippen molar-refractivity contribution in [3.63, 3.8) is 0 Å². The largest absolute Gasteiger partial charge is 0.457 e. The second-order valence-electron chi connectivity index (χ2n) is 6.82. The Labute approximate surface area is 186 Å². The zero-order valence-electron chi connectivity index (χ0n) is 16.8. The number of carbonyl (C=O) groups is 1. The van der Waals surface area contributed by atoms with Crippen molar-refractivity contribution in [3.05, 3.63) is 90.1 Å². The maximum absolute atomic E-state index is 13.3. The molecule has 1 heterocycles. The van der Waals surface area contributed by atoms with Crippen molar-refractivity contribution in [1.82, 2.24) is 4.98 Å². The minimum atomic E-state index is -4.60. The number of fused-ring (bicyclic) bond motifs is 1. The molecule has 0 bridgehead atoms. The number of nitrogens with zero attached hydrogens (tertiary/aromatic N) is 1. The predicted octanol–water partition coefficient (Wildman–Crippen LogP) is 7.02. The van der Waals surface area contributed by atoms with Gasteiger partial charge in [-0.1, -0.05) is 18.2 Å². The third-order valence-corrected chi connectivity index (χ3v) is 5.46. The number of alkyl halides is 3. The van der Waals surface area contributed by atoms with E-state index in [1.165, 1.54) is 0 Å². The number of benzene rings is 3. The Balaban J connectivity index is 1.71. The van der Waals surface area contributed by atoms with Crippen molar-refractivity contribution in [3.8, 4) is 11.5 Å². The molecule has 1 aromatic heterocycles. The Morgan fingerprint density at radius 3 is 2.47 bits per heavy atom. The van der Waals surface area contributed by atoms with Crippen LogP contribution in [-0.2, 0) is 6.18 Å². The summed E-state index contributed by atoms with van der Waals surface area (Å²) in [6.07, 6.45) is -1.10. The molecule has 4 aromatic rings. The van der Waals surface area contributed by atoms with Crippen LogP contribution in [0.15, 0.2) is 83.9 Å². The predicted molar refractivity (Wildman–Crippen MR) is 119 cm³/mol. The van der Waals surface area contributed by atoms with Gasteiger partial charge in [0.1, 0.15) is 11.5 Å². The normalized spacial score (nSPS) is 11.4. The van der Waals surface area contributed by atoms with E-state index >= 15 is 0 Å². The molecule has 0 spiro atoms. The van der Waals surface area contributed by atoms with Gasteiger partial charge in [0, 0.05) is 16.5 Å². The average Bonchev–Trinajstić information content (AvgIpc) is 2.79. The first-order valence-electron chi connectivity index (χ1n) is 9.53. The average molecular weight is 454 g/mol. The second-order valence-corrected chi connectivity index (χ2v) is 7.70. The molecule has 0 aliphatic heterocycles. The summed E-state index contributed by atoms with van der Waals surface area (Å²) in [7, 11) is 0. The topological polar surface area (TPSA) is 51.2 Å². The summed E-state index contributed by atoms with van der Waals surface area (Å²) < 4.78 is 45.7. The number of carbonyl (C=O) groups excluding carboxylic acids is 1. The monoisotopic (exact) mass is 454 g/mol. The lowest BCUT2D eigenvalue weighted by molar-refractivity contribution is -0.137. The number of thioether (sulfide) groups is 1. The van der Waals surface area contributed by atoms with E-state index in [0.717, 1.165) is 28.5 Å². The number of halogens is 3. The van der Waals surface area contributed by atoms with Crippen LogP contribution in [0.5, 0.6) is 11.5 Å². The van der Waals surface area contributed by atoms with Gasteiger partial charge in [-0.15, -0.1) is 11.8 Å². The fourth-order valence-electron chi connectivity index (χ4n) is 3.14. The number of aromatic nitrogens is 1. The number of hydrogen-bond acceptors (Lipinski definition) is 4. The summed E-state index contributed by atoms with van der Waals surface area (Å²) in [5.74, 6) is -0.311. The first-order valence-corrected chi connectivity index (χ1v) is 10.8. The first-order chi connectivity index (χ1) is 15.3. The fourth-order valence-corrected chi connectivity index (χ4v) is 3.55. The summed E-state index contributed by atoms with van der Waals surface area (Å²) in [6, 6.07) is 18.7. The minimum absolute atomic E-state index is 0.0144. The Hall–Kier alpha value is -3.52. The molecule has 4 rings (SSSR count). The number of amides is 1. The quantitative estimate of drug-likeness (QED) is 0.329. The van der Waals surface area contributed by atoms with E-state index in [4.69, 9.17) is 4.74 Å². The molecule has 0 radical (unpaired) electrons. The van der Waals surface area contributed by atoms with Gasteiger partial charge < -0.3 is 10.1 Å². The SMILES string of the molecule is CSc1ccc(Oc2ccc(C(F)(F)F)cc2C(=O)Nc2cccc3cccnc23)cc1. The van der Waals surface area contributed by atoms with Gasteiger partial charge in [0.2, 0.25) is 0 Å². The number of nitrogens with one attached hydrogen (secondary N) is 1. The maximum Gasteiger partial charge on any atom is 0.416 e. The van der Waals surface area contributed by atoms with Crippen molar-refractivity contribution < 1.29 is 22.7 Å². The molecule has 0 aliphatic rings. The third-order valence-electron chi connectivity index (χ3n) is 4.72. The highest BCUT2D eigenvalue weighted by Crippen LogP contribution is 2.35. The lowest BCUT2D eigenvalue weighted by atomic mass is 10.1. The van der Waals surface area contributed by atoms with Crippen molar-refractivity contribution in [1.29, 1.82) is 0 Å². The Bertz CT molecular complexity index is 1270. The van der Waals surface area contributed by atoms with E-state index in [2.05, 4.69) is 10.3 Å². The highest BCUT2D eigenvalue weighted by atomic mass is 32.2. The van der Waals surface area contributed by atoms with E-state index in [0.29, 0.717) is 17.0 Å². The number of hydrogen-bond donors (Lipinski definition) is 1. The maximum atomic E-state index is 13.3. The molecule has 3 aromatic carbocycles. The number of para-hydroxylation sites is 1. The summed E-state index contributed by atoms with van der Waals surface area (Å²) in [5, 5.41) is 3.46. The van der Waals surface area contributed by atoms with Gasteiger partial charge in [0.05, 0.1) is 22.3 Å². The number of anilines is 1. The van der Waals surface area contributed by atoms with E-state index in [1.54, 1.807) is 48.3 Å². The Kier molecular flexibility index (Phi) is 6.05. The minimum Gasteiger partial charge on any atom is -0.457 e. The van der Waals surface area contributed by atoms with Gasteiger partial charge in [-0.05, 0) is 60.9 Å². The molecule has 0 atom stereocenters. The summed E-state index contributed by atoms with van der Waals surface area (Å²) in [4.78, 5) is 18.3. The van der Waals surface area contributed by atoms with E-state index in [1.807, 2.05) is 30.5 Å². The van der Waals surface area contributed by atoms with E-state index in [9.17, 15) is 18.0 Å². The van der Waals surface area contributed by atoms with Crippen LogP contribution in [0.1, 0.15) is 15.9 Å². The van der Waals surface area contributed by atoms with Gasteiger partial charge >= 0.3 is 6.18 Å². The first kappa shape index (κ1) is 21.7. The van der Waals surface area contributed by atoms with Crippen LogP contribution in [0.3, 0.4) is 0 Å². The van der Waals surface area contributed by atoms with Crippen LogP contribution in [0.4, 0.5) is 18.9 Å². The van der Waals surface area contributed by atoms with Crippen LogP contribution in [0.25, 0.3) is 10.9 Å². The summed E-state index contributed by atoms with van der Waals surface area (Å²) >= 11 is 1.55. The van der Waals surface area contributed by atoms with E-state index < -0.39 is 17.6 Å². The molecule has 0 saturated heterocycles. The Morgan fingerprint density at radius 2 is 1.75 bits per heavy atom. The molecule has 0 unspecified atom stereocenters. The van der Waals surface area contributed by atoms with Crippen molar-refractivity contribution in [2.24, 2.45) is 0 Å². The highest BCUT2D eigenvalue weighted by molar-refractivity contribution is 7.98. The van der Waals surface area contributed by atoms with Crippen LogP contribution in [0.2, 0.25) is 0 Å². The van der Waals surface area contributed by atoms with Gasteiger partial charge in [-0.25, -0.2) is 0 Å². The summed E-state index contributed by atoms with van der Waals surface area (Å²) in [5.41, 5.74) is -0.253. The smallest absolute Gasteiger partial charge is 0.416 e. The molecular weight excluding hydrogens is 437 g/mol. The molecule has 162 valence electrons. The van der Waals surface area contributed by atoms with Crippen LogP contribution in [-0.4, -0.2) is 17.1 Å². The number of pyridine rings is 1. The van der Waals surface area contributed by atoms with Crippen LogP contribution in [0, 0.1) is 0 Å². The number of ether oxygens (including phenoxy) is 1. The lowest BCUT2D eigenvalue weighted by Gasteiger charge is -2.15. The standard InChI is InChI=1S/C24H17F3N2O2S/c1-32-18-10-8-17(9-11-18)31-21-12-7-16(24(25,26)27)14-19(21)23(30)29-20-6-2-4-15-5-3-13-28-22(15)20/h2-14H,1H3,(H,29,30). The molecule has 32 heavy (non-hydrogen) atoms. The van der Waals surface area contributed by atoms with Gasteiger partial charge in [0.15, 0.2) is 0 Å². The fraction of sp³-hybridized carbons (Fsp3) is 0.0833. The van der Waals surface area contributed by atoms with E-state index in [-0.39, 0.29) is 11.3 Å². The number of rotatable bonds is 5. The van der Waals surface area contributed by atoms with Crippen LogP contribution >= 0.6 is 11.8 Å². The third kappa shape index (κ3) is 4.70. The molecule has 1 amide bonds. The van der Waals surface area contributed by atoms with Crippen molar-refractivity contribution in [2.45, 2.75) is 11.1 Å². The zero-order valence-corrected chi connectivity index (χ0v) is 17.6.